The van der Waals surface area contributed by atoms with Crippen LogP contribution in [-0.4, -0.2) is 15.0 Å². The molecule has 0 atom stereocenters. The third-order valence-electron chi connectivity index (χ3n) is 9.37. The monoisotopic (exact) mass is 657 g/mol. The van der Waals surface area contributed by atoms with Gasteiger partial charge in [0.25, 0.3) is 0 Å². The molecule has 0 bridgehead atoms. The quantitative estimate of drug-likeness (QED) is 0.185. The van der Waals surface area contributed by atoms with Crippen molar-refractivity contribution in [3.8, 4) is 56.4 Å². The fourth-order valence-corrected chi connectivity index (χ4v) is 7.97. The molecule has 0 fully saturated rings. The van der Waals surface area contributed by atoms with Gasteiger partial charge in [0.15, 0.2) is 17.5 Å². The van der Waals surface area contributed by atoms with Gasteiger partial charge in [-0.25, -0.2) is 15.0 Å². The van der Waals surface area contributed by atoms with E-state index in [2.05, 4.69) is 103 Å². The van der Waals surface area contributed by atoms with Crippen molar-refractivity contribution in [3.05, 3.63) is 164 Å². The van der Waals surface area contributed by atoms with E-state index in [-0.39, 0.29) is 0 Å². The van der Waals surface area contributed by atoms with Gasteiger partial charge in [0.2, 0.25) is 0 Å². The van der Waals surface area contributed by atoms with Crippen molar-refractivity contribution in [2.45, 2.75) is 0 Å². The molecule has 0 spiro atoms. The summed E-state index contributed by atoms with van der Waals surface area (Å²) in [7, 11) is 0. The number of para-hydroxylation sites is 2. The Kier molecular flexibility index (Phi) is 6.64. The van der Waals surface area contributed by atoms with Crippen LogP contribution in [0, 0.1) is 0 Å². The molecular formula is C45H27N3OS. The van der Waals surface area contributed by atoms with Crippen LogP contribution in [0.3, 0.4) is 0 Å². The molecule has 3 aromatic heterocycles. The molecule has 0 amide bonds. The number of aromatic nitrogens is 3. The molecule has 0 saturated carbocycles. The van der Waals surface area contributed by atoms with Crippen molar-refractivity contribution in [2.24, 2.45) is 0 Å². The number of hydrogen-bond donors (Lipinski definition) is 0. The van der Waals surface area contributed by atoms with Crippen LogP contribution >= 0.6 is 11.3 Å². The molecule has 0 radical (unpaired) electrons. The maximum atomic E-state index is 6.39. The van der Waals surface area contributed by atoms with Crippen molar-refractivity contribution in [1.82, 2.24) is 15.0 Å². The summed E-state index contributed by atoms with van der Waals surface area (Å²) in [4.78, 5) is 15.1. The lowest BCUT2D eigenvalue weighted by Gasteiger charge is -2.09. The molecule has 3 heterocycles. The molecule has 0 aliphatic carbocycles. The summed E-state index contributed by atoms with van der Waals surface area (Å²) in [6.45, 7) is 0. The average molecular weight is 658 g/mol. The van der Waals surface area contributed by atoms with Gasteiger partial charge in [-0.2, -0.15) is 0 Å². The minimum absolute atomic E-state index is 0.580. The molecule has 0 aliphatic heterocycles. The summed E-state index contributed by atoms with van der Waals surface area (Å²) < 4.78 is 8.87. The highest BCUT2D eigenvalue weighted by atomic mass is 32.1. The van der Waals surface area contributed by atoms with Gasteiger partial charge in [0.05, 0.1) is 5.56 Å². The van der Waals surface area contributed by atoms with Crippen LogP contribution in [0.15, 0.2) is 168 Å². The van der Waals surface area contributed by atoms with Crippen molar-refractivity contribution >= 4 is 53.4 Å². The number of nitrogens with zero attached hydrogens (tertiary/aromatic N) is 3. The van der Waals surface area contributed by atoms with Gasteiger partial charge < -0.3 is 4.42 Å². The highest BCUT2D eigenvalue weighted by molar-refractivity contribution is 7.25. The smallest absolute Gasteiger partial charge is 0.167 e. The Hall–Kier alpha value is -6.43. The third kappa shape index (κ3) is 4.87. The second-order valence-corrected chi connectivity index (χ2v) is 13.5. The van der Waals surface area contributed by atoms with Gasteiger partial charge in [0.1, 0.15) is 11.2 Å². The fraction of sp³-hybridized carbons (Fsp3) is 0. The van der Waals surface area contributed by atoms with Crippen LogP contribution in [0.5, 0.6) is 0 Å². The molecule has 0 aliphatic rings. The van der Waals surface area contributed by atoms with Crippen LogP contribution < -0.4 is 0 Å². The average Bonchev–Trinajstić information content (AvgIpc) is 3.76. The minimum Gasteiger partial charge on any atom is -0.455 e. The second-order valence-electron chi connectivity index (χ2n) is 12.4. The van der Waals surface area contributed by atoms with Crippen LogP contribution in [0.25, 0.3) is 98.5 Å². The van der Waals surface area contributed by atoms with E-state index in [0.29, 0.717) is 17.5 Å². The number of thiophene rings is 1. The van der Waals surface area contributed by atoms with E-state index in [1.807, 2.05) is 72.0 Å². The number of benzene rings is 7. The lowest BCUT2D eigenvalue weighted by molar-refractivity contribution is 0.669. The zero-order valence-corrected chi connectivity index (χ0v) is 27.6. The number of rotatable bonds is 5. The Morgan fingerprint density at radius 2 is 0.960 bits per heavy atom. The first-order valence-corrected chi connectivity index (χ1v) is 17.4. The molecule has 50 heavy (non-hydrogen) atoms. The summed E-state index contributed by atoms with van der Waals surface area (Å²) in [6, 6.07) is 57.0. The van der Waals surface area contributed by atoms with E-state index in [9.17, 15) is 0 Å². The van der Waals surface area contributed by atoms with E-state index in [1.54, 1.807) is 0 Å². The summed E-state index contributed by atoms with van der Waals surface area (Å²) in [5, 5.41) is 4.53. The minimum atomic E-state index is 0.580. The predicted molar refractivity (Wildman–Crippen MR) is 207 cm³/mol. The topological polar surface area (TPSA) is 51.8 Å². The summed E-state index contributed by atoms with van der Waals surface area (Å²) in [6.07, 6.45) is 0. The van der Waals surface area contributed by atoms with E-state index < -0.39 is 0 Å². The number of hydrogen-bond acceptors (Lipinski definition) is 5. The summed E-state index contributed by atoms with van der Waals surface area (Å²) in [5.74, 6) is 1.83. The first-order valence-electron chi connectivity index (χ1n) is 16.6. The van der Waals surface area contributed by atoms with Crippen molar-refractivity contribution in [1.29, 1.82) is 0 Å². The molecular weight excluding hydrogens is 631 g/mol. The molecule has 7 aromatic carbocycles. The standard InChI is InChI=1S/C45H27N3OS/c1-3-10-28(11-4-1)29-18-20-30(21-19-29)32-22-24-35-38-26-33(23-25-40(38)50-41(35)27-32)44-46-43(31-12-5-2-6-13-31)47-45(48-44)37-16-9-15-36-34-14-7-8-17-39(34)49-42(36)37/h1-27H. The molecule has 5 heteroatoms. The van der Waals surface area contributed by atoms with E-state index >= 15 is 0 Å². The Morgan fingerprint density at radius 1 is 0.360 bits per heavy atom. The Balaban J connectivity index is 1.08. The molecule has 0 N–H and O–H groups in total. The predicted octanol–water partition coefficient (Wildman–Crippen LogP) is 12.5. The molecule has 234 valence electrons. The van der Waals surface area contributed by atoms with Gasteiger partial charge in [-0.3, -0.25) is 0 Å². The molecule has 4 nitrogen and oxygen atoms in total. The first kappa shape index (κ1) is 28.6. The normalized spacial score (nSPS) is 11.6. The maximum Gasteiger partial charge on any atom is 0.167 e. The largest absolute Gasteiger partial charge is 0.455 e. The van der Waals surface area contributed by atoms with E-state index in [1.165, 1.54) is 42.4 Å². The second kappa shape index (κ2) is 11.6. The molecule has 10 aromatic rings. The van der Waals surface area contributed by atoms with Gasteiger partial charge in [-0.15, -0.1) is 11.3 Å². The van der Waals surface area contributed by atoms with Gasteiger partial charge in [-0.1, -0.05) is 127 Å². The van der Waals surface area contributed by atoms with E-state index in [4.69, 9.17) is 19.4 Å². The third-order valence-corrected chi connectivity index (χ3v) is 10.5. The maximum absolute atomic E-state index is 6.39. The number of fused-ring (bicyclic) bond motifs is 6. The Morgan fingerprint density at radius 3 is 1.76 bits per heavy atom. The highest BCUT2D eigenvalue weighted by Crippen LogP contribution is 2.40. The summed E-state index contributed by atoms with van der Waals surface area (Å²) in [5.41, 5.74) is 9.18. The summed E-state index contributed by atoms with van der Waals surface area (Å²) >= 11 is 1.81. The van der Waals surface area contributed by atoms with E-state index in [0.717, 1.165) is 38.6 Å². The van der Waals surface area contributed by atoms with Crippen LogP contribution in [-0.2, 0) is 0 Å². The van der Waals surface area contributed by atoms with Crippen LogP contribution in [0.1, 0.15) is 0 Å². The fourth-order valence-electron chi connectivity index (χ4n) is 6.85. The SMILES string of the molecule is c1ccc(-c2ccc(-c3ccc4c(c3)sc3ccc(-c5nc(-c6ccccc6)nc(-c6cccc7c6oc6ccccc67)n5)cc34)cc2)cc1. The lowest BCUT2D eigenvalue weighted by Crippen LogP contribution is -2.00. The van der Waals surface area contributed by atoms with Gasteiger partial charge >= 0.3 is 0 Å². The van der Waals surface area contributed by atoms with Crippen molar-refractivity contribution in [3.63, 3.8) is 0 Å². The van der Waals surface area contributed by atoms with Gasteiger partial charge in [-0.05, 0) is 58.7 Å². The molecule has 0 unspecified atom stereocenters. The highest BCUT2D eigenvalue weighted by Gasteiger charge is 2.18. The zero-order chi connectivity index (χ0) is 33.0. The lowest BCUT2D eigenvalue weighted by atomic mass is 9.99. The Labute approximate surface area is 292 Å². The number of furan rings is 1. The molecule has 0 saturated heterocycles. The van der Waals surface area contributed by atoms with Crippen molar-refractivity contribution in [2.75, 3.05) is 0 Å². The van der Waals surface area contributed by atoms with Crippen LogP contribution in [0.2, 0.25) is 0 Å². The van der Waals surface area contributed by atoms with Gasteiger partial charge in [0, 0.05) is 42.1 Å². The first-order chi connectivity index (χ1) is 24.7. The van der Waals surface area contributed by atoms with Crippen molar-refractivity contribution < 1.29 is 4.42 Å². The zero-order valence-electron chi connectivity index (χ0n) is 26.7. The molecule has 10 rings (SSSR count). The van der Waals surface area contributed by atoms with Crippen LogP contribution in [0.4, 0.5) is 0 Å². The Bertz CT molecular complexity index is 2860.